The minimum atomic E-state index is 0.328. The van der Waals surface area contributed by atoms with Gasteiger partial charge in [-0.05, 0) is 44.8 Å². The predicted molar refractivity (Wildman–Crippen MR) is 84.8 cm³/mol. The first kappa shape index (κ1) is 18.9. The van der Waals surface area contributed by atoms with Gasteiger partial charge in [0.05, 0.1) is 6.61 Å². The maximum atomic E-state index is 5.45. The quantitative estimate of drug-likeness (QED) is 0.585. The van der Waals surface area contributed by atoms with Gasteiger partial charge in [0.15, 0.2) is 0 Å². The molecule has 19 heavy (non-hydrogen) atoms. The van der Waals surface area contributed by atoms with Crippen LogP contribution in [0.15, 0.2) is 0 Å². The molecule has 0 rings (SSSR count). The topological polar surface area (TPSA) is 24.5 Å². The summed E-state index contributed by atoms with van der Waals surface area (Å²) >= 11 is 0. The molecule has 3 nitrogen and oxygen atoms in total. The minimum Gasteiger partial charge on any atom is -0.380 e. The third kappa shape index (κ3) is 9.42. The maximum Gasteiger partial charge on any atom is 0.0593 e. The Morgan fingerprint density at radius 1 is 1.11 bits per heavy atom. The SMILES string of the molecule is CCCNC(CCN(CC)CCOCC)C(C)(C)C. The summed E-state index contributed by atoms with van der Waals surface area (Å²) in [5.41, 5.74) is 0.328. The first-order valence-electron chi connectivity index (χ1n) is 7.99. The highest BCUT2D eigenvalue weighted by Gasteiger charge is 2.23. The predicted octanol–water partition coefficient (Wildman–Crippen LogP) is 3.15. The third-order valence-electron chi connectivity index (χ3n) is 3.62. The second-order valence-corrected chi connectivity index (χ2v) is 6.29. The number of hydrogen-bond acceptors (Lipinski definition) is 3. The number of hydrogen-bond donors (Lipinski definition) is 1. The van der Waals surface area contributed by atoms with E-state index in [9.17, 15) is 0 Å². The average Bonchev–Trinajstić information content (AvgIpc) is 2.35. The highest BCUT2D eigenvalue weighted by molar-refractivity contribution is 4.81. The standard InChI is InChI=1S/C16H36N2O/c1-7-11-17-15(16(4,5)6)10-12-18(8-2)13-14-19-9-3/h15,17H,7-14H2,1-6H3. The van der Waals surface area contributed by atoms with Crippen molar-refractivity contribution in [1.82, 2.24) is 10.2 Å². The van der Waals surface area contributed by atoms with Crippen molar-refractivity contribution in [1.29, 1.82) is 0 Å². The van der Waals surface area contributed by atoms with Crippen LogP contribution in [0.1, 0.15) is 54.4 Å². The molecule has 0 aromatic heterocycles. The summed E-state index contributed by atoms with van der Waals surface area (Å²) in [4.78, 5) is 2.49. The second-order valence-electron chi connectivity index (χ2n) is 6.29. The molecule has 0 saturated heterocycles. The van der Waals surface area contributed by atoms with Crippen LogP contribution in [0, 0.1) is 5.41 Å². The maximum absolute atomic E-state index is 5.45. The summed E-state index contributed by atoms with van der Waals surface area (Å²) in [6.07, 6.45) is 2.41. The smallest absolute Gasteiger partial charge is 0.0593 e. The van der Waals surface area contributed by atoms with E-state index in [-0.39, 0.29) is 0 Å². The number of nitrogens with zero attached hydrogens (tertiary/aromatic N) is 1. The zero-order valence-corrected chi connectivity index (χ0v) is 14.1. The fourth-order valence-electron chi connectivity index (χ4n) is 2.24. The molecule has 0 bridgehead atoms. The Morgan fingerprint density at radius 3 is 2.26 bits per heavy atom. The lowest BCUT2D eigenvalue weighted by atomic mass is 9.84. The highest BCUT2D eigenvalue weighted by Crippen LogP contribution is 2.22. The molecule has 0 aliphatic heterocycles. The molecule has 0 aromatic rings. The number of rotatable bonds is 11. The summed E-state index contributed by atoms with van der Waals surface area (Å²) in [5.74, 6) is 0. The van der Waals surface area contributed by atoms with Gasteiger partial charge in [-0.3, -0.25) is 0 Å². The molecule has 0 aliphatic carbocycles. The van der Waals surface area contributed by atoms with E-state index in [2.05, 4.69) is 51.8 Å². The highest BCUT2D eigenvalue weighted by atomic mass is 16.5. The van der Waals surface area contributed by atoms with Crippen LogP contribution in [-0.2, 0) is 4.74 Å². The molecule has 0 amide bonds. The summed E-state index contributed by atoms with van der Waals surface area (Å²) in [6.45, 7) is 19.6. The van der Waals surface area contributed by atoms with Gasteiger partial charge in [-0.1, -0.05) is 34.6 Å². The lowest BCUT2D eigenvalue weighted by Gasteiger charge is -2.33. The van der Waals surface area contributed by atoms with E-state index < -0.39 is 0 Å². The molecule has 0 spiro atoms. The van der Waals surface area contributed by atoms with Crippen molar-refractivity contribution in [3.8, 4) is 0 Å². The normalized spacial score (nSPS) is 14.1. The number of nitrogens with one attached hydrogen (secondary N) is 1. The van der Waals surface area contributed by atoms with E-state index in [4.69, 9.17) is 4.74 Å². The molecule has 116 valence electrons. The van der Waals surface area contributed by atoms with Gasteiger partial charge in [-0.25, -0.2) is 0 Å². The van der Waals surface area contributed by atoms with Crippen molar-refractivity contribution in [2.45, 2.75) is 60.4 Å². The molecule has 1 atom stereocenters. The molecule has 1 unspecified atom stereocenters. The third-order valence-corrected chi connectivity index (χ3v) is 3.62. The molecule has 0 heterocycles. The largest absolute Gasteiger partial charge is 0.380 e. The Bertz CT molecular complexity index is 201. The first-order valence-corrected chi connectivity index (χ1v) is 7.99. The van der Waals surface area contributed by atoms with E-state index in [0.29, 0.717) is 11.5 Å². The van der Waals surface area contributed by atoms with Gasteiger partial charge in [-0.15, -0.1) is 0 Å². The Balaban J connectivity index is 4.11. The van der Waals surface area contributed by atoms with E-state index in [0.717, 1.165) is 39.4 Å². The lowest BCUT2D eigenvalue weighted by Crippen LogP contribution is -2.43. The van der Waals surface area contributed by atoms with E-state index in [1.165, 1.54) is 12.8 Å². The van der Waals surface area contributed by atoms with Crippen molar-refractivity contribution < 1.29 is 4.74 Å². The molecule has 3 heteroatoms. The Labute approximate surface area is 121 Å². The van der Waals surface area contributed by atoms with Crippen LogP contribution in [0.2, 0.25) is 0 Å². The second kappa shape index (κ2) is 10.6. The van der Waals surface area contributed by atoms with Crippen LogP contribution in [0.3, 0.4) is 0 Å². The van der Waals surface area contributed by atoms with Crippen LogP contribution in [0.4, 0.5) is 0 Å². The van der Waals surface area contributed by atoms with Gasteiger partial charge < -0.3 is 15.0 Å². The summed E-state index contributed by atoms with van der Waals surface area (Å²) in [7, 11) is 0. The van der Waals surface area contributed by atoms with E-state index in [1.54, 1.807) is 0 Å². The molecule has 1 N–H and O–H groups in total. The first-order chi connectivity index (χ1) is 8.95. The molecule has 0 radical (unpaired) electrons. The fraction of sp³-hybridized carbons (Fsp3) is 1.00. The average molecular weight is 272 g/mol. The summed E-state index contributed by atoms with van der Waals surface area (Å²) in [6, 6.07) is 0.591. The fourth-order valence-corrected chi connectivity index (χ4v) is 2.24. The summed E-state index contributed by atoms with van der Waals surface area (Å²) in [5, 5.41) is 3.70. The van der Waals surface area contributed by atoms with Crippen LogP contribution in [0.25, 0.3) is 0 Å². The van der Waals surface area contributed by atoms with Crippen molar-refractivity contribution in [2.24, 2.45) is 5.41 Å². The lowest BCUT2D eigenvalue weighted by molar-refractivity contribution is 0.110. The summed E-state index contributed by atoms with van der Waals surface area (Å²) < 4.78 is 5.45. The van der Waals surface area contributed by atoms with Crippen molar-refractivity contribution in [2.75, 3.05) is 39.4 Å². The van der Waals surface area contributed by atoms with Gasteiger partial charge >= 0.3 is 0 Å². The van der Waals surface area contributed by atoms with Crippen molar-refractivity contribution >= 4 is 0 Å². The zero-order valence-electron chi connectivity index (χ0n) is 14.1. The van der Waals surface area contributed by atoms with Crippen molar-refractivity contribution in [3.63, 3.8) is 0 Å². The van der Waals surface area contributed by atoms with Gasteiger partial charge in [0, 0.05) is 19.2 Å². The monoisotopic (exact) mass is 272 g/mol. The molecule has 0 aromatic carbocycles. The number of ether oxygens (including phenoxy) is 1. The minimum absolute atomic E-state index is 0.328. The molecule has 0 saturated carbocycles. The van der Waals surface area contributed by atoms with Crippen LogP contribution in [-0.4, -0.2) is 50.3 Å². The van der Waals surface area contributed by atoms with Gasteiger partial charge in [0.25, 0.3) is 0 Å². The molecular weight excluding hydrogens is 236 g/mol. The van der Waals surface area contributed by atoms with Gasteiger partial charge in [0.1, 0.15) is 0 Å². The van der Waals surface area contributed by atoms with Crippen LogP contribution < -0.4 is 5.32 Å². The van der Waals surface area contributed by atoms with E-state index >= 15 is 0 Å². The van der Waals surface area contributed by atoms with Gasteiger partial charge in [0.2, 0.25) is 0 Å². The van der Waals surface area contributed by atoms with Crippen molar-refractivity contribution in [3.05, 3.63) is 0 Å². The zero-order chi connectivity index (χ0) is 14.7. The molecule has 0 fully saturated rings. The Morgan fingerprint density at radius 2 is 1.79 bits per heavy atom. The molecule has 0 aliphatic rings. The van der Waals surface area contributed by atoms with Gasteiger partial charge in [-0.2, -0.15) is 0 Å². The van der Waals surface area contributed by atoms with Crippen LogP contribution >= 0.6 is 0 Å². The number of likely N-dealkylation sites (N-methyl/N-ethyl adjacent to an activating group) is 1. The Hall–Kier alpha value is -0.120. The van der Waals surface area contributed by atoms with Crippen LogP contribution in [0.5, 0.6) is 0 Å². The van der Waals surface area contributed by atoms with E-state index in [1.807, 2.05) is 0 Å². The molecular formula is C16H36N2O. The Kier molecular flexibility index (Phi) is 10.6.